The van der Waals surface area contributed by atoms with Crippen LogP contribution in [0.15, 0.2) is 48.5 Å². The van der Waals surface area contributed by atoms with Crippen LogP contribution in [-0.2, 0) is 11.2 Å². The predicted octanol–water partition coefficient (Wildman–Crippen LogP) is 4.31. The molecule has 1 N–H and O–H groups in total. The van der Waals surface area contributed by atoms with E-state index in [-0.39, 0.29) is 37.8 Å². The first-order chi connectivity index (χ1) is 10.7. The SMILES string of the molecule is C.Cc1ccc(C[C@H]2CO[C@H](c3ccc(F)cc3)[C@H]2CO)cc1. The molecule has 0 aliphatic carbocycles. The second-order valence-corrected chi connectivity index (χ2v) is 6.10. The molecule has 2 aromatic rings. The Kier molecular flexibility index (Phi) is 5.91. The van der Waals surface area contributed by atoms with Gasteiger partial charge in [-0.15, -0.1) is 0 Å². The van der Waals surface area contributed by atoms with Crippen LogP contribution in [0.25, 0.3) is 0 Å². The number of aliphatic hydroxyl groups is 1. The topological polar surface area (TPSA) is 29.5 Å². The molecular formula is C20H25FO2. The molecule has 1 fully saturated rings. The van der Waals surface area contributed by atoms with E-state index in [0.717, 1.165) is 12.0 Å². The molecule has 2 nitrogen and oxygen atoms in total. The van der Waals surface area contributed by atoms with Gasteiger partial charge < -0.3 is 9.84 Å². The maximum Gasteiger partial charge on any atom is 0.123 e. The molecule has 23 heavy (non-hydrogen) atoms. The molecule has 0 aromatic heterocycles. The summed E-state index contributed by atoms with van der Waals surface area (Å²) in [4.78, 5) is 0. The quantitative estimate of drug-likeness (QED) is 0.911. The summed E-state index contributed by atoms with van der Waals surface area (Å²) in [7, 11) is 0. The third kappa shape index (κ3) is 3.98. The van der Waals surface area contributed by atoms with E-state index >= 15 is 0 Å². The van der Waals surface area contributed by atoms with Crippen molar-refractivity contribution in [2.75, 3.05) is 13.2 Å². The molecular weight excluding hydrogens is 291 g/mol. The molecule has 2 aromatic carbocycles. The van der Waals surface area contributed by atoms with E-state index in [1.165, 1.54) is 23.3 Å². The number of rotatable bonds is 4. The smallest absolute Gasteiger partial charge is 0.123 e. The normalized spacial score (nSPS) is 23.5. The molecule has 1 heterocycles. The van der Waals surface area contributed by atoms with Crippen molar-refractivity contribution in [2.24, 2.45) is 11.8 Å². The summed E-state index contributed by atoms with van der Waals surface area (Å²) < 4.78 is 19.0. The minimum atomic E-state index is -0.251. The van der Waals surface area contributed by atoms with Crippen molar-refractivity contribution in [3.8, 4) is 0 Å². The molecule has 0 unspecified atom stereocenters. The Hall–Kier alpha value is -1.71. The van der Waals surface area contributed by atoms with Gasteiger partial charge in [0.25, 0.3) is 0 Å². The predicted molar refractivity (Wildman–Crippen MR) is 90.8 cm³/mol. The highest BCUT2D eigenvalue weighted by atomic mass is 19.1. The number of hydrogen-bond acceptors (Lipinski definition) is 2. The Labute approximate surface area is 137 Å². The van der Waals surface area contributed by atoms with Gasteiger partial charge in [0.05, 0.1) is 12.7 Å². The fourth-order valence-corrected chi connectivity index (χ4v) is 3.20. The Morgan fingerprint density at radius 1 is 1.09 bits per heavy atom. The van der Waals surface area contributed by atoms with Crippen LogP contribution >= 0.6 is 0 Å². The van der Waals surface area contributed by atoms with E-state index in [2.05, 4.69) is 31.2 Å². The molecule has 1 saturated heterocycles. The Morgan fingerprint density at radius 3 is 2.35 bits per heavy atom. The number of benzene rings is 2. The van der Waals surface area contributed by atoms with Crippen molar-refractivity contribution in [2.45, 2.75) is 26.9 Å². The van der Waals surface area contributed by atoms with Crippen LogP contribution in [0, 0.1) is 24.6 Å². The molecule has 1 aliphatic rings. The van der Waals surface area contributed by atoms with E-state index in [1.54, 1.807) is 12.1 Å². The summed E-state index contributed by atoms with van der Waals surface area (Å²) >= 11 is 0. The largest absolute Gasteiger partial charge is 0.396 e. The fourth-order valence-electron chi connectivity index (χ4n) is 3.20. The molecule has 3 atom stereocenters. The number of halogens is 1. The second kappa shape index (κ2) is 7.71. The summed E-state index contributed by atoms with van der Waals surface area (Å²) in [5.74, 6) is 0.0769. The third-order valence-electron chi connectivity index (χ3n) is 4.51. The Balaban J connectivity index is 0.00000192. The molecule has 0 bridgehead atoms. The molecule has 3 rings (SSSR count). The average Bonchev–Trinajstić information content (AvgIpc) is 2.93. The maximum atomic E-state index is 13.1. The number of ether oxygens (including phenoxy) is 1. The van der Waals surface area contributed by atoms with E-state index in [1.807, 2.05) is 0 Å². The van der Waals surface area contributed by atoms with Crippen LogP contribution in [-0.4, -0.2) is 18.3 Å². The Morgan fingerprint density at radius 2 is 1.74 bits per heavy atom. The highest BCUT2D eigenvalue weighted by Gasteiger charge is 2.37. The van der Waals surface area contributed by atoms with Crippen molar-refractivity contribution >= 4 is 0 Å². The molecule has 0 amide bonds. The van der Waals surface area contributed by atoms with E-state index in [0.29, 0.717) is 6.61 Å². The van der Waals surface area contributed by atoms with Gasteiger partial charge in [0.2, 0.25) is 0 Å². The van der Waals surface area contributed by atoms with Crippen molar-refractivity contribution in [3.63, 3.8) is 0 Å². The van der Waals surface area contributed by atoms with Gasteiger partial charge in [0, 0.05) is 12.5 Å². The number of aliphatic hydroxyl groups excluding tert-OH is 1. The van der Waals surface area contributed by atoms with Crippen LogP contribution < -0.4 is 0 Å². The number of aryl methyl sites for hydroxylation is 1. The fraction of sp³-hybridized carbons (Fsp3) is 0.400. The highest BCUT2D eigenvalue weighted by Crippen LogP contribution is 2.39. The first-order valence-electron chi connectivity index (χ1n) is 7.71. The third-order valence-corrected chi connectivity index (χ3v) is 4.51. The van der Waals surface area contributed by atoms with Gasteiger partial charge in [-0.1, -0.05) is 49.4 Å². The molecule has 0 radical (unpaired) electrons. The lowest BCUT2D eigenvalue weighted by molar-refractivity contribution is 0.0718. The summed E-state index contributed by atoms with van der Waals surface area (Å²) in [5, 5.41) is 9.79. The average molecular weight is 316 g/mol. The Bertz CT molecular complexity index is 607. The van der Waals surface area contributed by atoms with Gasteiger partial charge in [-0.2, -0.15) is 0 Å². The van der Waals surface area contributed by atoms with Gasteiger partial charge in [-0.25, -0.2) is 4.39 Å². The van der Waals surface area contributed by atoms with Crippen LogP contribution in [0.3, 0.4) is 0 Å². The molecule has 1 aliphatic heterocycles. The highest BCUT2D eigenvalue weighted by molar-refractivity contribution is 5.24. The first-order valence-corrected chi connectivity index (χ1v) is 7.71. The van der Waals surface area contributed by atoms with Crippen molar-refractivity contribution < 1.29 is 14.2 Å². The molecule has 0 saturated carbocycles. The zero-order valence-corrected chi connectivity index (χ0v) is 12.7. The van der Waals surface area contributed by atoms with Gasteiger partial charge in [-0.3, -0.25) is 0 Å². The first kappa shape index (κ1) is 17.6. The summed E-state index contributed by atoms with van der Waals surface area (Å²) in [6.45, 7) is 2.78. The van der Waals surface area contributed by atoms with Gasteiger partial charge in [-0.05, 0) is 42.5 Å². The van der Waals surface area contributed by atoms with Crippen LogP contribution in [0.1, 0.15) is 30.2 Å². The van der Waals surface area contributed by atoms with Crippen molar-refractivity contribution in [1.82, 2.24) is 0 Å². The maximum absolute atomic E-state index is 13.1. The molecule has 3 heteroatoms. The summed E-state index contributed by atoms with van der Waals surface area (Å²) in [6.07, 6.45) is 0.740. The van der Waals surface area contributed by atoms with Gasteiger partial charge in [0.1, 0.15) is 5.82 Å². The van der Waals surface area contributed by atoms with E-state index in [4.69, 9.17) is 4.74 Å². The standard InChI is InChI=1S/C19H21FO2.CH4/c1-13-2-4-14(5-3-13)10-16-12-22-19(18(16)11-21)15-6-8-17(20)9-7-15;/h2-9,16,18-19,21H,10-12H2,1H3;1H4/t16-,18-,19+;/m0./s1. The zero-order valence-electron chi connectivity index (χ0n) is 12.7. The van der Waals surface area contributed by atoms with Crippen molar-refractivity contribution in [3.05, 3.63) is 71.0 Å². The van der Waals surface area contributed by atoms with E-state index < -0.39 is 0 Å². The zero-order chi connectivity index (χ0) is 15.5. The second-order valence-electron chi connectivity index (χ2n) is 6.10. The van der Waals surface area contributed by atoms with Gasteiger partial charge in [0.15, 0.2) is 0 Å². The summed E-state index contributed by atoms with van der Waals surface area (Å²) in [6, 6.07) is 14.9. The molecule has 0 spiro atoms. The lowest BCUT2D eigenvalue weighted by Crippen LogP contribution is -2.21. The molecule has 124 valence electrons. The van der Waals surface area contributed by atoms with Crippen molar-refractivity contribution in [1.29, 1.82) is 0 Å². The minimum Gasteiger partial charge on any atom is -0.396 e. The van der Waals surface area contributed by atoms with Gasteiger partial charge >= 0.3 is 0 Å². The van der Waals surface area contributed by atoms with Crippen LogP contribution in [0.5, 0.6) is 0 Å². The minimum absolute atomic E-state index is 0. The number of hydrogen-bond donors (Lipinski definition) is 1. The van der Waals surface area contributed by atoms with Crippen LogP contribution in [0.2, 0.25) is 0 Å². The van der Waals surface area contributed by atoms with Crippen LogP contribution in [0.4, 0.5) is 4.39 Å². The monoisotopic (exact) mass is 316 g/mol. The van der Waals surface area contributed by atoms with E-state index in [9.17, 15) is 9.50 Å². The lowest BCUT2D eigenvalue weighted by atomic mass is 9.84. The summed E-state index contributed by atoms with van der Waals surface area (Å²) in [5.41, 5.74) is 3.44. The lowest BCUT2D eigenvalue weighted by Gasteiger charge is -2.21.